The molecule has 0 bridgehead atoms. The molecule has 3 rings (SSSR count). The predicted molar refractivity (Wildman–Crippen MR) is 110 cm³/mol. The molecular weight excluding hydrogens is 358 g/mol. The molecule has 2 amide bonds. The van der Waals surface area contributed by atoms with E-state index in [1.54, 1.807) is 11.3 Å². The van der Waals surface area contributed by atoms with E-state index < -0.39 is 11.8 Å². The molecule has 0 aliphatic carbocycles. The van der Waals surface area contributed by atoms with E-state index in [1.165, 1.54) is 5.56 Å². The summed E-state index contributed by atoms with van der Waals surface area (Å²) in [5.74, 6) is -0.726. The van der Waals surface area contributed by atoms with Crippen molar-refractivity contribution in [2.24, 2.45) is 5.92 Å². The SMILES string of the molecule is Cc1cccc(NC(=O)C(=O)NCC2CCN(Cc3ccsc3)CC2)c1C. The van der Waals surface area contributed by atoms with E-state index in [4.69, 9.17) is 0 Å². The zero-order chi connectivity index (χ0) is 19.2. The first-order valence-corrected chi connectivity index (χ1v) is 10.4. The van der Waals surface area contributed by atoms with Crippen LogP contribution in [0.2, 0.25) is 0 Å². The molecule has 144 valence electrons. The fraction of sp³-hybridized carbons (Fsp3) is 0.429. The zero-order valence-electron chi connectivity index (χ0n) is 16.0. The number of carbonyl (C=O) groups is 2. The summed E-state index contributed by atoms with van der Waals surface area (Å²) < 4.78 is 0. The second-order valence-electron chi connectivity index (χ2n) is 7.26. The van der Waals surface area contributed by atoms with Crippen LogP contribution in [0.15, 0.2) is 35.0 Å². The Balaban J connectivity index is 1.40. The lowest BCUT2D eigenvalue weighted by atomic mass is 9.96. The molecule has 0 saturated carbocycles. The van der Waals surface area contributed by atoms with E-state index in [2.05, 4.69) is 32.4 Å². The summed E-state index contributed by atoms with van der Waals surface area (Å²) in [5.41, 5.74) is 4.13. The minimum atomic E-state index is -0.599. The maximum absolute atomic E-state index is 12.1. The number of amides is 2. The first kappa shape index (κ1) is 19.6. The second kappa shape index (κ2) is 9.15. The van der Waals surface area contributed by atoms with Crippen LogP contribution < -0.4 is 10.6 Å². The number of likely N-dealkylation sites (tertiary alicyclic amines) is 1. The number of hydrogen-bond acceptors (Lipinski definition) is 4. The third-order valence-electron chi connectivity index (χ3n) is 5.30. The van der Waals surface area contributed by atoms with Gasteiger partial charge in [0.05, 0.1) is 0 Å². The van der Waals surface area contributed by atoms with Gasteiger partial charge in [0.25, 0.3) is 0 Å². The summed E-state index contributed by atoms with van der Waals surface area (Å²) in [6, 6.07) is 7.85. The lowest BCUT2D eigenvalue weighted by molar-refractivity contribution is -0.136. The standard InChI is InChI=1S/C21H27N3O2S/c1-15-4-3-5-19(16(15)2)23-21(26)20(25)22-12-17-6-9-24(10-7-17)13-18-8-11-27-14-18/h3-5,8,11,14,17H,6-7,9-10,12-13H2,1-2H3,(H,22,25)(H,23,26). The molecule has 1 aromatic carbocycles. The van der Waals surface area contributed by atoms with Gasteiger partial charge in [0.15, 0.2) is 0 Å². The van der Waals surface area contributed by atoms with Gasteiger partial charge in [0, 0.05) is 18.8 Å². The molecule has 2 heterocycles. The van der Waals surface area contributed by atoms with E-state index in [1.807, 2.05) is 32.0 Å². The van der Waals surface area contributed by atoms with Crippen LogP contribution in [0, 0.1) is 19.8 Å². The summed E-state index contributed by atoms with van der Waals surface area (Å²) >= 11 is 1.73. The fourth-order valence-corrected chi connectivity index (χ4v) is 4.03. The van der Waals surface area contributed by atoms with Crippen LogP contribution in [0.4, 0.5) is 5.69 Å². The van der Waals surface area contributed by atoms with E-state index in [9.17, 15) is 9.59 Å². The van der Waals surface area contributed by atoms with Gasteiger partial charge >= 0.3 is 11.8 Å². The Morgan fingerprint density at radius 2 is 1.93 bits per heavy atom. The maximum Gasteiger partial charge on any atom is 0.313 e. The van der Waals surface area contributed by atoms with Crippen LogP contribution in [-0.2, 0) is 16.1 Å². The lowest BCUT2D eigenvalue weighted by Crippen LogP contribution is -2.41. The Morgan fingerprint density at radius 1 is 1.15 bits per heavy atom. The number of carbonyl (C=O) groups excluding carboxylic acids is 2. The van der Waals surface area contributed by atoms with Crippen LogP contribution in [0.1, 0.15) is 29.5 Å². The molecule has 1 saturated heterocycles. The van der Waals surface area contributed by atoms with E-state index in [0.717, 1.165) is 43.6 Å². The smallest absolute Gasteiger partial charge is 0.313 e. The normalized spacial score (nSPS) is 15.5. The van der Waals surface area contributed by atoms with E-state index in [0.29, 0.717) is 18.2 Å². The number of aryl methyl sites for hydroxylation is 1. The minimum absolute atomic E-state index is 0.432. The Morgan fingerprint density at radius 3 is 2.63 bits per heavy atom. The average molecular weight is 386 g/mol. The molecular formula is C21H27N3O2S. The van der Waals surface area contributed by atoms with Gasteiger partial charge in [-0.1, -0.05) is 12.1 Å². The first-order chi connectivity index (χ1) is 13.0. The molecule has 1 fully saturated rings. The van der Waals surface area contributed by atoms with Crippen LogP contribution in [0.25, 0.3) is 0 Å². The highest BCUT2D eigenvalue weighted by molar-refractivity contribution is 7.07. The van der Waals surface area contributed by atoms with Gasteiger partial charge in [-0.05, 0) is 85.3 Å². The Bertz CT molecular complexity index is 781. The number of piperidine rings is 1. The largest absolute Gasteiger partial charge is 0.348 e. The molecule has 2 N–H and O–H groups in total. The molecule has 2 aromatic rings. The number of thiophene rings is 1. The van der Waals surface area contributed by atoms with Crippen molar-refractivity contribution in [2.45, 2.75) is 33.2 Å². The number of nitrogens with zero attached hydrogens (tertiary/aromatic N) is 1. The van der Waals surface area contributed by atoms with Crippen molar-refractivity contribution in [2.75, 3.05) is 25.0 Å². The third kappa shape index (κ3) is 5.40. The summed E-state index contributed by atoms with van der Waals surface area (Å²) in [4.78, 5) is 26.7. The van der Waals surface area contributed by atoms with E-state index >= 15 is 0 Å². The monoisotopic (exact) mass is 385 g/mol. The molecule has 1 aromatic heterocycles. The van der Waals surface area contributed by atoms with Crippen LogP contribution in [0.5, 0.6) is 0 Å². The Labute approximate surface area is 164 Å². The van der Waals surface area contributed by atoms with Crippen LogP contribution in [-0.4, -0.2) is 36.3 Å². The molecule has 6 heteroatoms. The lowest BCUT2D eigenvalue weighted by Gasteiger charge is -2.31. The number of benzene rings is 1. The van der Waals surface area contributed by atoms with Gasteiger partial charge in [-0.3, -0.25) is 14.5 Å². The summed E-state index contributed by atoms with van der Waals surface area (Å²) in [5, 5.41) is 9.82. The van der Waals surface area contributed by atoms with Gasteiger partial charge in [-0.15, -0.1) is 0 Å². The third-order valence-corrected chi connectivity index (χ3v) is 6.04. The van der Waals surface area contributed by atoms with Crippen molar-refractivity contribution in [3.05, 3.63) is 51.7 Å². The van der Waals surface area contributed by atoms with Crippen molar-refractivity contribution >= 4 is 28.8 Å². The summed E-state index contributed by atoms with van der Waals surface area (Å²) in [6.07, 6.45) is 2.09. The summed E-state index contributed by atoms with van der Waals surface area (Å²) in [7, 11) is 0. The van der Waals surface area contributed by atoms with Gasteiger partial charge in [-0.25, -0.2) is 0 Å². The van der Waals surface area contributed by atoms with Crippen molar-refractivity contribution in [1.29, 1.82) is 0 Å². The highest BCUT2D eigenvalue weighted by Gasteiger charge is 2.21. The Kier molecular flexibility index (Phi) is 6.63. The average Bonchev–Trinajstić information content (AvgIpc) is 3.17. The number of anilines is 1. The van der Waals surface area contributed by atoms with Gasteiger partial charge in [-0.2, -0.15) is 11.3 Å². The molecule has 0 atom stereocenters. The molecule has 27 heavy (non-hydrogen) atoms. The number of hydrogen-bond donors (Lipinski definition) is 2. The molecule has 1 aliphatic rings. The maximum atomic E-state index is 12.1. The number of rotatable bonds is 5. The quantitative estimate of drug-likeness (QED) is 0.776. The molecule has 1 aliphatic heterocycles. The molecule has 0 unspecified atom stereocenters. The Hall–Kier alpha value is -2.18. The topological polar surface area (TPSA) is 61.4 Å². The molecule has 0 radical (unpaired) electrons. The van der Waals surface area contributed by atoms with Gasteiger partial charge in [0.1, 0.15) is 0 Å². The van der Waals surface area contributed by atoms with Gasteiger partial charge in [0.2, 0.25) is 0 Å². The molecule has 5 nitrogen and oxygen atoms in total. The zero-order valence-corrected chi connectivity index (χ0v) is 16.8. The highest BCUT2D eigenvalue weighted by atomic mass is 32.1. The minimum Gasteiger partial charge on any atom is -0.348 e. The van der Waals surface area contributed by atoms with Crippen molar-refractivity contribution < 1.29 is 9.59 Å². The summed E-state index contributed by atoms with van der Waals surface area (Å²) in [6.45, 7) is 7.55. The van der Waals surface area contributed by atoms with Crippen molar-refractivity contribution in [3.8, 4) is 0 Å². The van der Waals surface area contributed by atoms with Crippen molar-refractivity contribution in [3.63, 3.8) is 0 Å². The second-order valence-corrected chi connectivity index (χ2v) is 8.04. The first-order valence-electron chi connectivity index (χ1n) is 9.41. The fourth-order valence-electron chi connectivity index (χ4n) is 3.37. The van der Waals surface area contributed by atoms with E-state index in [-0.39, 0.29) is 0 Å². The van der Waals surface area contributed by atoms with Crippen LogP contribution >= 0.6 is 11.3 Å². The predicted octanol–water partition coefficient (Wildman–Crippen LogP) is 3.33. The highest BCUT2D eigenvalue weighted by Crippen LogP contribution is 2.20. The van der Waals surface area contributed by atoms with Gasteiger partial charge < -0.3 is 10.6 Å². The van der Waals surface area contributed by atoms with Crippen molar-refractivity contribution in [1.82, 2.24) is 10.2 Å². The number of nitrogens with one attached hydrogen (secondary N) is 2. The van der Waals surface area contributed by atoms with Crippen LogP contribution in [0.3, 0.4) is 0 Å². The molecule has 0 spiro atoms.